The van der Waals surface area contributed by atoms with E-state index in [0.717, 1.165) is 0 Å². The van der Waals surface area contributed by atoms with Crippen LogP contribution < -0.4 is 5.73 Å². The molecule has 176 valence electrons. The van der Waals surface area contributed by atoms with Gasteiger partial charge in [0.1, 0.15) is 23.8 Å². The normalized spacial score (nSPS) is 11.9. The van der Waals surface area contributed by atoms with E-state index < -0.39 is 24.3 Å². The molecule has 0 aliphatic heterocycles. The first kappa shape index (κ1) is 22.5. The minimum Gasteiger partial charge on any atom is -0.364 e. The van der Waals surface area contributed by atoms with Crippen LogP contribution in [-0.4, -0.2) is 26.6 Å². The fourth-order valence-corrected chi connectivity index (χ4v) is 4.17. The zero-order valence-electron chi connectivity index (χ0n) is 18.2. The van der Waals surface area contributed by atoms with Gasteiger partial charge in [-0.2, -0.15) is 13.2 Å². The summed E-state index contributed by atoms with van der Waals surface area (Å²) in [5, 5.41) is 0.691. The fraction of sp³-hybridized carbons (Fsp3) is 0.115. The third-order valence-corrected chi connectivity index (χ3v) is 5.71. The number of halogens is 4. The van der Waals surface area contributed by atoms with E-state index in [9.17, 15) is 22.4 Å². The average molecular weight is 478 g/mol. The Morgan fingerprint density at radius 3 is 2.37 bits per heavy atom. The number of alkyl halides is 3. The molecule has 0 bridgehead atoms. The molecule has 5 aromatic rings. The molecule has 5 nitrogen and oxygen atoms in total. The van der Waals surface area contributed by atoms with E-state index in [0.29, 0.717) is 38.6 Å². The Bertz CT molecular complexity index is 1570. The number of hydrogen-bond acceptors (Lipinski definition) is 3. The molecule has 2 heterocycles. The molecule has 0 aliphatic carbocycles. The standard InChI is InChI=1S/C26H18F4N4O/c27-17-8-6-16(7-9-17)19-12-22(25(31)35)32-21-11-15(5-10-18(19)21)14-34-23-4-2-1-3-20(23)33-24(34)13-26(28,29)30/h1-12H,13-14H2,(H2,31,35). The summed E-state index contributed by atoms with van der Waals surface area (Å²) in [5.74, 6) is -1.22. The molecule has 0 radical (unpaired) electrons. The highest BCUT2D eigenvalue weighted by molar-refractivity contribution is 6.01. The van der Waals surface area contributed by atoms with Gasteiger partial charge in [-0.05, 0) is 53.1 Å². The molecule has 3 aromatic carbocycles. The Balaban J connectivity index is 1.63. The van der Waals surface area contributed by atoms with Crippen molar-refractivity contribution in [2.45, 2.75) is 19.1 Å². The van der Waals surface area contributed by atoms with E-state index in [-0.39, 0.29) is 18.1 Å². The van der Waals surface area contributed by atoms with Gasteiger partial charge >= 0.3 is 6.18 Å². The lowest BCUT2D eigenvalue weighted by Gasteiger charge is -2.13. The highest BCUT2D eigenvalue weighted by Crippen LogP contribution is 2.31. The first-order chi connectivity index (χ1) is 16.7. The predicted molar refractivity (Wildman–Crippen MR) is 124 cm³/mol. The molecular formula is C26H18F4N4O. The van der Waals surface area contributed by atoms with Crippen LogP contribution in [0.15, 0.2) is 72.8 Å². The van der Waals surface area contributed by atoms with E-state index >= 15 is 0 Å². The molecule has 0 aliphatic rings. The highest BCUT2D eigenvalue weighted by atomic mass is 19.4. The Morgan fingerprint density at radius 2 is 1.66 bits per heavy atom. The van der Waals surface area contributed by atoms with Gasteiger partial charge in [-0.25, -0.2) is 14.4 Å². The highest BCUT2D eigenvalue weighted by Gasteiger charge is 2.31. The zero-order valence-corrected chi connectivity index (χ0v) is 18.2. The molecular weight excluding hydrogens is 460 g/mol. The number of nitrogens with two attached hydrogens (primary N) is 1. The Hall–Kier alpha value is -4.27. The largest absolute Gasteiger partial charge is 0.396 e. The summed E-state index contributed by atoms with van der Waals surface area (Å²) in [6.45, 7) is 0.121. The summed E-state index contributed by atoms with van der Waals surface area (Å²) in [7, 11) is 0. The van der Waals surface area contributed by atoms with Crippen LogP contribution in [0.1, 0.15) is 21.9 Å². The molecule has 0 saturated carbocycles. The van der Waals surface area contributed by atoms with Gasteiger partial charge in [0, 0.05) is 11.9 Å². The molecule has 9 heteroatoms. The van der Waals surface area contributed by atoms with Gasteiger partial charge in [-0.1, -0.05) is 36.4 Å². The van der Waals surface area contributed by atoms with Crippen molar-refractivity contribution < 1.29 is 22.4 Å². The second kappa shape index (κ2) is 8.50. The Kier molecular flexibility index (Phi) is 5.47. The smallest absolute Gasteiger partial charge is 0.364 e. The second-order valence-electron chi connectivity index (χ2n) is 8.17. The zero-order chi connectivity index (χ0) is 24.7. The number of amides is 1. The summed E-state index contributed by atoms with van der Waals surface area (Å²) in [5.41, 5.74) is 8.99. The van der Waals surface area contributed by atoms with Gasteiger partial charge in [0.05, 0.1) is 16.6 Å². The number of imidazole rings is 1. The number of primary amides is 1. The Morgan fingerprint density at radius 1 is 0.914 bits per heavy atom. The average Bonchev–Trinajstić information content (AvgIpc) is 3.14. The van der Waals surface area contributed by atoms with Gasteiger partial charge < -0.3 is 10.3 Å². The molecule has 0 saturated heterocycles. The summed E-state index contributed by atoms with van der Waals surface area (Å²) in [6.07, 6.45) is -5.57. The minimum atomic E-state index is -4.41. The Labute approximate surface area is 196 Å². The number of hydrogen-bond donors (Lipinski definition) is 1. The molecule has 2 N–H and O–H groups in total. The van der Waals surface area contributed by atoms with Crippen LogP contribution >= 0.6 is 0 Å². The molecule has 35 heavy (non-hydrogen) atoms. The fourth-order valence-electron chi connectivity index (χ4n) is 4.17. The number of carbonyl (C=O) groups excluding carboxylic acids is 1. The first-order valence-electron chi connectivity index (χ1n) is 10.7. The molecule has 0 unspecified atom stereocenters. The summed E-state index contributed by atoms with van der Waals surface area (Å²) in [6, 6.07) is 19.5. The van der Waals surface area contributed by atoms with E-state index in [2.05, 4.69) is 9.97 Å². The van der Waals surface area contributed by atoms with Crippen LogP contribution in [-0.2, 0) is 13.0 Å². The van der Waals surface area contributed by atoms with Crippen molar-refractivity contribution in [3.8, 4) is 11.1 Å². The molecule has 0 fully saturated rings. The lowest BCUT2D eigenvalue weighted by molar-refractivity contribution is -0.128. The molecule has 0 spiro atoms. The van der Waals surface area contributed by atoms with Crippen molar-refractivity contribution in [1.29, 1.82) is 0 Å². The number of benzene rings is 3. The van der Waals surface area contributed by atoms with E-state index in [4.69, 9.17) is 5.73 Å². The van der Waals surface area contributed by atoms with Crippen molar-refractivity contribution >= 4 is 27.8 Å². The summed E-state index contributed by atoms with van der Waals surface area (Å²) >= 11 is 0. The minimum absolute atomic E-state index is 0.0276. The quantitative estimate of drug-likeness (QED) is 0.332. The third kappa shape index (κ3) is 4.57. The lowest BCUT2D eigenvalue weighted by atomic mass is 9.98. The maximum absolute atomic E-state index is 13.4. The van der Waals surface area contributed by atoms with Gasteiger partial charge in [-0.3, -0.25) is 4.79 Å². The third-order valence-electron chi connectivity index (χ3n) is 5.71. The van der Waals surface area contributed by atoms with E-state index in [1.54, 1.807) is 60.7 Å². The SMILES string of the molecule is NC(=O)c1cc(-c2ccc(F)cc2)c2ccc(Cn3c(CC(F)(F)F)nc4ccccc43)cc2n1. The number of pyridine rings is 1. The monoisotopic (exact) mass is 478 g/mol. The summed E-state index contributed by atoms with van der Waals surface area (Å²) < 4.78 is 54.6. The number of nitrogens with zero attached hydrogens (tertiary/aromatic N) is 3. The predicted octanol–water partition coefficient (Wildman–Crippen LogP) is 5.64. The number of aromatic nitrogens is 3. The number of fused-ring (bicyclic) bond motifs is 2. The summed E-state index contributed by atoms with van der Waals surface area (Å²) in [4.78, 5) is 20.5. The van der Waals surface area contributed by atoms with Crippen LogP contribution in [0.5, 0.6) is 0 Å². The topological polar surface area (TPSA) is 73.8 Å². The first-order valence-corrected chi connectivity index (χ1v) is 10.7. The van der Waals surface area contributed by atoms with Crippen molar-refractivity contribution in [3.05, 3.63) is 95.7 Å². The maximum Gasteiger partial charge on any atom is 0.396 e. The maximum atomic E-state index is 13.4. The van der Waals surface area contributed by atoms with Crippen molar-refractivity contribution in [2.75, 3.05) is 0 Å². The van der Waals surface area contributed by atoms with Crippen LogP contribution in [0, 0.1) is 5.82 Å². The lowest BCUT2D eigenvalue weighted by Crippen LogP contribution is -2.17. The molecule has 0 atom stereocenters. The molecule has 2 aromatic heterocycles. The number of rotatable bonds is 5. The van der Waals surface area contributed by atoms with Crippen LogP contribution in [0.25, 0.3) is 33.1 Å². The van der Waals surface area contributed by atoms with Gasteiger partial charge in [0.25, 0.3) is 5.91 Å². The van der Waals surface area contributed by atoms with Crippen LogP contribution in [0.4, 0.5) is 17.6 Å². The van der Waals surface area contributed by atoms with Gasteiger partial charge in [0.15, 0.2) is 0 Å². The van der Waals surface area contributed by atoms with Crippen LogP contribution in [0.3, 0.4) is 0 Å². The van der Waals surface area contributed by atoms with Gasteiger partial charge in [0.2, 0.25) is 0 Å². The van der Waals surface area contributed by atoms with Crippen LogP contribution in [0.2, 0.25) is 0 Å². The van der Waals surface area contributed by atoms with Gasteiger partial charge in [-0.15, -0.1) is 0 Å². The second-order valence-corrected chi connectivity index (χ2v) is 8.17. The van der Waals surface area contributed by atoms with Crippen molar-refractivity contribution in [2.24, 2.45) is 5.73 Å². The van der Waals surface area contributed by atoms with E-state index in [1.807, 2.05) is 0 Å². The number of para-hydroxylation sites is 2. The molecule has 1 amide bonds. The van der Waals surface area contributed by atoms with Crippen molar-refractivity contribution in [1.82, 2.24) is 14.5 Å². The number of carbonyl (C=O) groups is 1. The molecule has 5 rings (SSSR count). The van der Waals surface area contributed by atoms with Crippen molar-refractivity contribution in [3.63, 3.8) is 0 Å². The van der Waals surface area contributed by atoms with E-state index in [1.165, 1.54) is 16.7 Å².